The quantitative estimate of drug-likeness (QED) is 0.797. The lowest BCUT2D eigenvalue weighted by Crippen LogP contribution is -2.01. The van der Waals surface area contributed by atoms with Crippen LogP contribution in [0.15, 0.2) is 30.6 Å². The van der Waals surface area contributed by atoms with Gasteiger partial charge in [-0.15, -0.1) is 0 Å². The third kappa shape index (κ3) is 3.12. The summed E-state index contributed by atoms with van der Waals surface area (Å²) in [6.07, 6.45) is 2.13. The van der Waals surface area contributed by atoms with E-state index in [4.69, 9.17) is 27.9 Å². The minimum absolute atomic E-state index is 0.428. The van der Waals surface area contributed by atoms with E-state index in [1.54, 1.807) is 0 Å². The fourth-order valence-electron chi connectivity index (χ4n) is 1.53. The van der Waals surface area contributed by atoms with Crippen molar-refractivity contribution in [2.75, 3.05) is 0 Å². The van der Waals surface area contributed by atoms with E-state index in [0.717, 1.165) is 17.5 Å². The maximum absolute atomic E-state index is 5.98. The van der Waals surface area contributed by atoms with E-state index in [2.05, 4.69) is 9.97 Å². The van der Waals surface area contributed by atoms with E-state index in [1.165, 1.54) is 6.33 Å². The standard InChI is InChI=1S/C13H12Cl2N2O/c1-2-11-12(15)16-8-17-13(11)18-7-9-3-5-10(14)6-4-9/h3-6,8H,2,7H2,1H3. The highest BCUT2D eigenvalue weighted by Crippen LogP contribution is 2.23. The highest BCUT2D eigenvalue weighted by molar-refractivity contribution is 6.30. The molecule has 5 heteroatoms. The fourth-order valence-corrected chi connectivity index (χ4v) is 1.91. The SMILES string of the molecule is CCc1c(Cl)ncnc1OCc1ccc(Cl)cc1. The maximum atomic E-state index is 5.98. The van der Waals surface area contributed by atoms with Crippen LogP contribution in [0.4, 0.5) is 0 Å². The number of ether oxygens (including phenoxy) is 1. The molecular weight excluding hydrogens is 271 g/mol. The maximum Gasteiger partial charge on any atom is 0.221 e. The zero-order valence-corrected chi connectivity index (χ0v) is 11.4. The molecule has 0 aliphatic carbocycles. The van der Waals surface area contributed by atoms with Crippen LogP contribution in [0.3, 0.4) is 0 Å². The first-order valence-corrected chi connectivity index (χ1v) is 6.33. The zero-order chi connectivity index (χ0) is 13.0. The van der Waals surface area contributed by atoms with Gasteiger partial charge in [-0.05, 0) is 24.1 Å². The van der Waals surface area contributed by atoms with Gasteiger partial charge in [0.1, 0.15) is 18.1 Å². The molecule has 0 atom stereocenters. The predicted octanol–water partition coefficient (Wildman–Crippen LogP) is 3.92. The number of aromatic nitrogens is 2. The van der Waals surface area contributed by atoms with Gasteiger partial charge in [0, 0.05) is 5.02 Å². The van der Waals surface area contributed by atoms with Crippen molar-refractivity contribution in [1.29, 1.82) is 0 Å². The molecule has 94 valence electrons. The van der Waals surface area contributed by atoms with Gasteiger partial charge in [0.05, 0.1) is 5.56 Å². The van der Waals surface area contributed by atoms with Gasteiger partial charge in [0.25, 0.3) is 0 Å². The Morgan fingerprint density at radius 2 is 1.83 bits per heavy atom. The summed E-state index contributed by atoms with van der Waals surface area (Å²) < 4.78 is 5.66. The van der Waals surface area contributed by atoms with E-state index >= 15 is 0 Å². The zero-order valence-electron chi connectivity index (χ0n) is 9.86. The highest BCUT2D eigenvalue weighted by atomic mass is 35.5. The molecule has 0 saturated heterocycles. The van der Waals surface area contributed by atoms with E-state index in [-0.39, 0.29) is 0 Å². The van der Waals surface area contributed by atoms with E-state index in [9.17, 15) is 0 Å². The molecule has 1 aromatic carbocycles. The van der Waals surface area contributed by atoms with Crippen LogP contribution >= 0.6 is 23.2 Å². The monoisotopic (exact) mass is 282 g/mol. The first-order chi connectivity index (χ1) is 8.70. The number of rotatable bonds is 4. The second-order valence-corrected chi connectivity index (χ2v) is 4.51. The topological polar surface area (TPSA) is 35.0 Å². The molecule has 2 rings (SSSR count). The van der Waals surface area contributed by atoms with Gasteiger partial charge in [0.15, 0.2) is 0 Å². The lowest BCUT2D eigenvalue weighted by atomic mass is 10.2. The average Bonchev–Trinajstić information content (AvgIpc) is 2.38. The van der Waals surface area contributed by atoms with E-state index in [0.29, 0.717) is 22.7 Å². The van der Waals surface area contributed by atoms with E-state index in [1.807, 2.05) is 31.2 Å². The number of benzene rings is 1. The van der Waals surface area contributed by atoms with Crippen LogP contribution in [0, 0.1) is 0 Å². The number of hydrogen-bond donors (Lipinski definition) is 0. The van der Waals surface area contributed by atoms with Crippen molar-refractivity contribution in [2.24, 2.45) is 0 Å². The molecule has 2 aromatic rings. The van der Waals surface area contributed by atoms with Crippen molar-refractivity contribution < 1.29 is 4.74 Å². The summed E-state index contributed by atoms with van der Waals surface area (Å²) in [6, 6.07) is 7.48. The Labute approximate surface area is 116 Å². The summed E-state index contributed by atoms with van der Waals surface area (Å²) >= 11 is 11.8. The van der Waals surface area contributed by atoms with Crippen molar-refractivity contribution >= 4 is 23.2 Å². The van der Waals surface area contributed by atoms with Crippen LogP contribution in [-0.2, 0) is 13.0 Å². The van der Waals surface area contributed by atoms with Crippen molar-refractivity contribution in [3.63, 3.8) is 0 Å². The molecule has 0 unspecified atom stereocenters. The Morgan fingerprint density at radius 1 is 1.11 bits per heavy atom. The molecule has 1 aromatic heterocycles. The first kappa shape index (κ1) is 13.1. The van der Waals surface area contributed by atoms with Gasteiger partial charge < -0.3 is 4.74 Å². The van der Waals surface area contributed by atoms with Crippen molar-refractivity contribution in [3.8, 4) is 5.88 Å². The summed E-state index contributed by atoms with van der Waals surface area (Å²) in [4.78, 5) is 8.03. The third-order valence-electron chi connectivity index (χ3n) is 2.50. The molecule has 0 saturated carbocycles. The number of hydrogen-bond acceptors (Lipinski definition) is 3. The molecule has 3 nitrogen and oxygen atoms in total. The molecule has 0 aliphatic rings. The molecule has 0 amide bonds. The normalized spacial score (nSPS) is 10.4. The van der Waals surface area contributed by atoms with Crippen LogP contribution in [-0.4, -0.2) is 9.97 Å². The Balaban J connectivity index is 2.10. The Morgan fingerprint density at radius 3 is 2.50 bits per heavy atom. The fraction of sp³-hybridized carbons (Fsp3) is 0.231. The predicted molar refractivity (Wildman–Crippen MR) is 72.2 cm³/mol. The molecule has 0 fully saturated rings. The van der Waals surface area contributed by atoms with Gasteiger partial charge >= 0.3 is 0 Å². The molecule has 0 N–H and O–H groups in total. The minimum atomic E-state index is 0.428. The molecule has 18 heavy (non-hydrogen) atoms. The van der Waals surface area contributed by atoms with Crippen LogP contribution in [0.2, 0.25) is 10.2 Å². The van der Waals surface area contributed by atoms with Gasteiger partial charge in [-0.1, -0.05) is 42.3 Å². The largest absolute Gasteiger partial charge is 0.472 e. The van der Waals surface area contributed by atoms with Crippen molar-refractivity contribution in [1.82, 2.24) is 9.97 Å². The number of halogens is 2. The summed E-state index contributed by atoms with van der Waals surface area (Å²) in [5.41, 5.74) is 1.85. The molecule has 1 heterocycles. The lowest BCUT2D eigenvalue weighted by molar-refractivity contribution is 0.290. The molecule has 0 bridgehead atoms. The smallest absolute Gasteiger partial charge is 0.221 e. The Hall–Kier alpha value is -1.32. The summed E-state index contributed by atoms with van der Waals surface area (Å²) in [5, 5.41) is 1.15. The van der Waals surface area contributed by atoms with Crippen molar-refractivity contribution in [3.05, 3.63) is 51.9 Å². The second-order valence-electron chi connectivity index (χ2n) is 3.72. The first-order valence-electron chi connectivity index (χ1n) is 5.57. The Bertz CT molecular complexity index is 529. The third-order valence-corrected chi connectivity index (χ3v) is 3.07. The highest BCUT2D eigenvalue weighted by Gasteiger charge is 2.09. The van der Waals surface area contributed by atoms with Crippen LogP contribution in [0.5, 0.6) is 5.88 Å². The Kier molecular flexibility index (Phi) is 4.39. The van der Waals surface area contributed by atoms with Crippen LogP contribution in [0.1, 0.15) is 18.1 Å². The average molecular weight is 283 g/mol. The van der Waals surface area contributed by atoms with E-state index < -0.39 is 0 Å². The van der Waals surface area contributed by atoms with Gasteiger partial charge in [-0.3, -0.25) is 0 Å². The summed E-state index contributed by atoms with van der Waals surface area (Å²) in [7, 11) is 0. The number of nitrogens with zero attached hydrogens (tertiary/aromatic N) is 2. The van der Waals surface area contributed by atoms with Crippen LogP contribution in [0.25, 0.3) is 0 Å². The van der Waals surface area contributed by atoms with Crippen LogP contribution < -0.4 is 4.74 Å². The summed E-state index contributed by atoms with van der Waals surface area (Å²) in [5.74, 6) is 0.535. The van der Waals surface area contributed by atoms with Gasteiger partial charge in [-0.2, -0.15) is 0 Å². The molecule has 0 radical (unpaired) electrons. The van der Waals surface area contributed by atoms with Gasteiger partial charge in [0.2, 0.25) is 5.88 Å². The molecule has 0 aliphatic heterocycles. The molecule has 0 spiro atoms. The lowest BCUT2D eigenvalue weighted by Gasteiger charge is -2.09. The van der Waals surface area contributed by atoms with Gasteiger partial charge in [-0.25, -0.2) is 9.97 Å². The van der Waals surface area contributed by atoms with Crippen molar-refractivity contribution in [2.45, 2.75) is 20.0 Å². The summed E-state index contributed by atoms with van der Waals surface area (Å²) in [6.45, 7) is 2.41. The minimum Gasteiger partial charge on any atom is -0.472 e. The molecular formula is C13H12Cl2N2O. The second kappa shape index (κ2) is 6.03.